The Balaban J connectivity index is 1.60. The molecule has 0 saturated carbocycles. The highest BCUT2D eigenvalue weighted by molar-refractivity contribution is 7.92. The van der Waals surface area contributed by atoms with Crippen molar-refractivity contribution in [1.29, 1.82) is 0 Å². The van der Waals surface area contributed by atoms with Gasteiger partial charge in [0.25, 0.3) is 10.0 Å². The van der Waals surface area contributed by atoms with Crippen LogP contribution in [0.15, 0.2) is 65.6 Å². The number of carboxylic acid groups (broad SMARTS) is 1. The summed E-state index contributed by atoms with van der Waals surface area (Å²) in [5.74, 6) is -1.43. The third-order valence-corrected chi connectivity index (χ3v) is 7.45. The SMILES string of the molecule is Cc1ccc(S(=O)(=O)Nc2cc(C(=O)O)ccc2N2CCN(c3ccc(F)cc3)CC2)cc1C. The van der Waals surface area contributed by atoms with E-state index in [-0.39, 0.29) is 22.0 Å². The number of hydrogen-bond acceptors (Lipinski definition) is 5. The van der Waals surface area contributed by atoms with Gasteiger partial charge in [0.15, 0.2) is 0 Å². The molecule has 1 saturated heterocycles. The molecule has 0 atom stereocenters. The van der Waals surface area contributed by atoms with Crippen LogP contribution in [0.5, 0.6) is 0 Å². The van der Waals surface area contributed by atoms with Crippen LogP contribution in [0.4, 0.5) is 21.5 Å². The number of aromatic carboxylic acids is 1. The van der Waals surface area contributed by atoms with E-state index in [1.54, 1.807) is 30.3 Å². The molecule has 3 aromatic carbocycles. The molecule has 0 bridgehead atoms. The van der Waals surface area contributed by atoms with Gasteiger partial charge in [-0.05, 0) is 79.6 Å². The molecule has 9 heteroatoms. The molecule has 2 N–H and O–H groups in total. The molecule has 3 aromatic rings. The summed E-state index contributed by atoms with van der Waals surface area (Å²) in [6.45, 7) is 6.21. The van der Waals surface area contributed by atoms with E-state index in [1.165, 1.54) is 30.3 Å². The van der Waals surface area contributed by atoms with Crippen LogP contribution in [0.2, 0.25) is 0 Å². The average Bonchev–Trinajstić information content (AvgIpc) is 2.81. The van der Waals surface area contributed by atoms with Gasteiger partial charge >= 0.3 is 5.97 Å². The first-order chi connectivity index (χ1) is 16.1. The summed E-state index contributed by atoms with van der Waals surface area (Å²) in [5.41, 5.74) is 3.56. The van der Waals surface area contributed by atoms with Crippen LogP contribution in [0, 0.1) is 19.7 Å². The monoisotopic (exact) mass is 483 g/mol. The van der Waals surface area contributed by atoms with E-state index in [1.807, 2.05) is 18.7 Å². The lowest BCUT2D eigenvalue weighted by atomic mass is 10.1. The Kier molecular flexibility index (Phi) is 6.47. The minimum absolute atomic E-state index is 0.00788. The zero-order valence-electron chi connectivity index (χ0n) is 19.0. The highest BCUT2D eigenvalue weighted by Crippen LogP contribution is 2.31. The van der Waals surface area contributed by atoms with E-state index < -0.39 is 16.0 Å². The largest absolute Gasteiger partial charge is 0.478 e. The van der Waals surface area contributed by atoms with Gasteiger partial charge in [0, 0.05) is 31.9 Å². The maximum Gasteiger partial charge on any atom is 0.335 e. The van der Waals surface area contributed by atoms with Gasteiger partial charge in [-0.15, -0.1) is 0 Å². The van der Waals surface area contributed by atoms with E-state index in [2.05, 4.69) is 9.62 Å². The Morgan fingerprint density at radius 1 is 0.882 bits per heavy atom. The molecule has 0 aliphatic carbocycles. The Morgan fingerprint density at radius 2 is 1.53 bits per heavy atom. The minimum Gasteiger partial charge on any atom is -0.478 e. The Labute approximate surface area is 198 Å². The summed E-state index contributed by atoms with van der Waals surface area (Å²) in [7, 11) is -3.93. The minimum atomic E-state index is -3.93. The van der Waals surface area contributed by atoms with Gasteiger partial charge in [0.2, 0.25) is 0 Å². The van der Waals surface area contributed by atoms with E-state index in [0.717, 1.165) is 16.8 Å². The number of hydrogen-bond donors (Lipinski definition) is 2. The maximum absolute atomic E-state index is 13.2. The molecule has 1 aliphatic heterocycles. The molecule has 4 rings (SSSR count). The number of benzene rings is 3. The fraction of sp³-hybridized carbons (Fsp3) is 0.240. The molecule has 1 heterocycles. The van der Waals surface area contributed by atoms with E-state index in [9.17, 15) is 22.7 Å². The van der Waals surface area contributed by atoms with Crippen molar-refractivity contribution >= 4 is 33.1 Å². The third kappa shape index (κ3) is 4.99. The third-order valence-electron chi connectivity index (χ3n) is 6.09. The molecule has 1 aliphatic rings. The quantitative estimate of drug-likeness (QED) is 0.544. The molecule has 0 aromatic heterocycles. The van der Waals surface area contributed by atoms with Gasteiger partial charge < -0.3 is 14.9 Å². The van der Waals surface area contributed by atoms with E-state index in [0.29, 0.717) is 31.9 Å². The number of halogens is 1. The number of nitrogens with zero attached hydrogens (tertiary/aromatic N) is 2. The zero-order chi connectivity index (χ0) is 24.5. The van der Waals surface area contributed by atoms with Crippen molar-refractivity contribution in [3.05, 3.63) is 83.2 Å². The van der Waals surface area contributed by atoms with Crippen LogP contribution in [-0.4, -0.2) is 45.7 Å². The first-order valence-corrected chi connectivity index (χ1v) is 12.4. The number of sulfonamides is 1. The summed E-state index contributed by atoms with van der Waals surface area (Å²) in [6.07, 6.45) is 0. The van der Waals surface area contributed by atoms with Gasteiger partial charge in [-0.1, -0.05) is 6.07 Å². The van der Waals surface area contributed by atoms with Gasteiger partial charge in [-0.3, -0.25) is 4.72 Å². The fourth-order valence-electron chi connectivity index (χ4n) is 3.97. The van der Waals surface area contributed by atoms with Crippen LogP contribution in [0.1, 0.15) is 21.5 Å². The lowest BCUT2D eigenvalue weighted by Crippen LogP contribution is -2.46. The second-order valence-electron chi connectivity index (χ2n) is 8.34. The number of carbonyl (C=O) groups is 1. The molecule has 0 amide bonds. The van der Waals surface area contributed by atoms with Gasteiger partial charge in [0.05, 0.1) is 21.8 Å². The molecular weight excluding hydrogens is 457 g/mol. The zero-order valence-corrected chi connectivity index (χ0v) is 19.8. The first kappa shape index (κ1) is 23.6. The van der Waals surface area contributed by atoms with Crippen molar-refractivity contribution in [1.82, 2.24) is 0 Å². The van der Waals surface area contributed by atoms with Crippen molar-refractivity contribution in [3.63, 3.8) is 0 Å². The second-order valence-corrected chi connectivity index (χ2v) is 10.0. The summed E-state index contributed by atoms with van der Waals surface area (Å²) in [4.78, 5) is 15.8. The number of anilines is 3. The lowest BCUT2D eigenvalue weighted by Gasteiger charge is -2.38. The van der Waals surface area contributed by atoms with Crippen molar-refractivity contribution in [2.45, 2.75) is 18.7 Å². The van der Waals surface area contributed by atoms with Gasteiger partial charge in [-0.25, -0.2) is 17.6 Å². The molecule has 0 unspecified atom stereocenters. The second kappa shape index (κ2) is 9.34. The first-order valence-electron chi connectivity index (χ1n) is 10.9. The Bertz CT molecular complexity index is 1320. The highest BCUT2D eigenvalue weighted by Gasteiger charge is 2.23. The van der Waals surface area contributed by atoms with Gasteiger partial charge in [0.1, 0.15) is 5.82 Å². The molecule has 34 heavy (non-hydrogen) atoms. The van der Waals surface area contributed by atoms with Gasteiger partial charge in [-0.2, -0.15) is 0 Å². The molecule has 0 spiro atoms. The van der Waals surface area contributed by atoms with Crippen LogP contribution in [-0.2, 0) is 10.0 Å². The number of rotatable bonds is 6. The molecule has 178 valence electrons. The number of carboxylic acids is 1. The van der Waals surface area contributed by atoms with E-state index >= 15 is 0 Å². The predicted molar refractivity (Wildman–Crippen MR) is 131 cm³/mol. The van der Waals surface area contributed by atoms with Crippen molar-refractivity contribution in [3.8, 4) is 0 Å². The number of aryl methyl sites for hydroxylation is 2. The van der Waals surface area contributed by atoms with Crippen LogP contribution in [0.25, 0.3) is 0 Å². The molecule has 7 nitrogen and oxygen atoms in total. The van der Waals surface area contributed by atoms with Crippen LogP contribution >= 0.6 is 0 Å². The molecule has 1 fully saturated rings. The number of piperazine rings is 1. The summed E-state index contributed by atoms with van der Waals surface area (Å²) >= 11 is 0. The number of nitrogens with one attached hydrogen (secondary N) is 1. The van der Waals surface area contributed by atoms with E-state index in [4.69, 9.17) is 0 Å². The predicted octanol–water partition coefficient (Wildman–Crippen LogP) is 4.27. The van der Waals surface area contributed by atoms with Crippen molar-refractivity contribution < 1.29 is 22.7 Å². The van der Waals surface area contributed by atoms with Crippen molar-refractivity contribution in [2.75, 3.05) is 40.7 Å². The maximum atomic E-state index is 13.2. The van der Waals surface area contributed by atoms with Crippen LogP contribution < -0.4 is 14.5 Å². The summed E-state index contributed by atoms with van der Waals surface area (Å²) in [5, 5.41) is 9.45. The standard InChI is InChI=1S/C25H26FN3O4S/c1-17-3-9-22(15-18(17)2)34(32,33)27-23-16-19(25(30)31)4-10-24(23)29-13-11-28(12-14-29)21-7-5-20(26)6-8-21/h3-10,15-16,27H,11-14H2,1-2H3,(H,30,31). The average molecular weight is 484 g/mol. The lowest BCUT2D eigenvalue weighted by molar-refractivity contribution is 0.0697. The molecule has 0 radical (unpaired) electrons. The Hall–Kier alpha value is -3.59. The summed E-state index contributed by atoms with van der Waals surface area (Å²) in [6, 6.07) is 15.6. The Morgan fingerprint density at radius 3 is 2.15 bits per heavy atom. The normalized spacial score (nSPS) is 14.2. The summed E-state index contributed by atoms with van der Waals surface area (Å²) < 4.78 is 42.1. The highest BCUT2D eigenvalue weighted by atomic mass is 32.2. The smallest absolute Gasteiger partial charge is 0.335 e. The van der Waals surface area contributed by atoms with Crippen LogP contribution in [0.3, 0.4) is 0 Å². The fourth-order valence-corrected chi connectivity index (χ4v) is 5.12. The van der Waals surface area contributed by atoms with Crippen molar-refractivity contribution in [2.24, 2.45) is 0 Å². The molecular formula is C25H26FN3O4S. The topological polar surface area (TPSA) is 89.9 Å².